The molecule has 5 heteroatoms. The van der Waals surface area contributed by atoms with E-state index in [9.17, 15) is 9.59 Å². The van der Waals surface area contributed by atoms with E-state index < -0.39 is 6.04 Å². The number of hydrogen-bond donors (Lipinski definition) is 1. The molecule has 0 bridgehead atoms. The Hall–Kier alpha value is -1.88. The van der Waals surface area contributed by atoms with Gasteiger partial charge in [0.1, 0.15) is 5.75 Å². The number of likely N-dealkylation sites (N-methyl/N-ethyl adjacent to an activating group) is 1. The fourth-order valence-electron chi connectivity index (χ4n) is 2.18. The number of imide groups is 1. The van der Waals surface area contributed by atoms with E-state index in [1.165, 1.54) is 11.9 Å². The molecule has 2 amide bonds. The summed E-state index contributed by atoms with van der Waals surface area (Å²) in [6.45, 7) is 1.97. The molecule has 0 aliphatic carbocycles. The number of nitrogens with one attached hydrogen (secondary N) is 1. The monoisotopic (exact) mass is 262 g/mol. The van der Waals surface area contributed by atoms with Crippen molar-refractivity contribution in [2.45, 2.75) is 25.4 Å². The molecule has 0 spiro atoms. The lowest BCUT2D eigenvalue weighted by molar-refractivity contribution is -0.137. The van der Waals surface area contributed by atoms with Gasteiger partial charge in [-0.1, -0.05) is 12.1 Å². The van der Waals surface area contributed by atoms with E-state index in [1.54, 1.807) is 7.11 Å². The number of ether oxygens (including phenoxy) is 1. The lowest BCUT2D eigenvalue weighted by atomic mass is 10.1. The van der Waals surface area contributed by atoms with Gasteiger partial charge < -0.3 is 4.74 Å². The third-order valence-corrected chi connectivity index (χ3v) is 3.45. The molecule has 2 atom stereocenters. The van der Waals surface area contributed by atoms with Crippen molar-refractivity contribution in [2.24, 2.45) is 0 Å². The highest BCUT2D eigenvalue weighted by molar-refractivity contribution is 6.05. The molecule has 5 nitrogen and oxygen atoms in total. The highest BCUT2D eigenvalue weighted by Crippen LogP contribution is 2.20. The van der Waals surface area contributed by atoms with Gasteiger partial charge in [0.15, 0.2) is 0 Å². The third kappa shape index (κ3) is 2.76. The van der Waals surface area contributed by atoms with Crippen LogP contribution in [0.2, 0.25) is 0 Å². The lowest BCUT2D eigenvalue weighted by Crippen LogP contribution is -2.38. The van der Waals surface area contributed by atoms with Crippen LogP contribution >= 0.6 is 0 Å². The van der Waals surface area contributed by atoms with Crippen LogP contribution in [0.5, 0.6) is 5.75 Å². The van der Waals surface area contributed by atoms with Gasteiger partial charge in [0.25, 0.3) is 0 Å². The Labute approximate surface area is 112 Å². The van der Waals surface area contributed by atoms with Crippen molar-refractivity contribution in [1.82, 2.24) is 10.2 Å². The molecule has 1 saturated heterocycles. The summed E-state index contributed by atoms with van der Waals surface area (Å²) in [6.07, 6.45) is 0.232. The number of carbonyl (C=O) groups is 2. The number of likely N-dealkylation sites (tertiary alicyclic amines) is 1. The fourth-order valence-corrected chi connectivity index (χ4v) is 2.18. The summed E-state index contributed by atoms with van der Waals surface area (Å²) in [5.74, 6) is 0.498. The first-order valence-electron chi connectivity index (χ1n) is 6.23. The molecule has 1 heterocycles. The zero-order valence-corrected chi connectivity index (χ0v) is 11.3. The van der Waals surface area contributed by atoms with Crippen LogP contribution in [0.4, 0.5) is 0 Å². The van der Waals surface area contributed by atoms with Gasteiger partial charge in [0.2, 0.25) is 11.8 Å². The maximum absolute atomic E-state index is 11.8. The summed E-state index contributed by atoms with van der Waals surface area (Å²) >= 11 is 0. The van der Waals surface area contributed by atoms with Crippen molar-refractivity contribution in [1.29, 1.82) is 0 Å². The van der Waals surface area contributed by atoms with Crippen LogP contribution in [-0.4, -0.2) is 36.9 Å². The molecule has 1 fully saturated rings. The maximum atomic E-state index is 11.8. The molecule has 1 N–H and O–H groups in total. The average Bonchev–Trinajstić information content (AvgIpc) is 2.66. The van der Waals surface area contributed by atoms with Crippen LogP contribution in [0.3, 0.4) is 0 Å². The van der Waals surface area contributed by atoms with Crippen molar-refractivity contribution in [3.05, 3.63) is 29.8 Å². The van der Waals surface area contributed by atoms with Gasteiger partial charge in [-0.25, -0.2) is 0 Å². The summed E-state index contributed by atoms with van der Waals surface area (Å²) in [6, 6.07) is 7.22. The minimum Gasteiger partial charge on any atom is -0.497 e. The minimum atomic E-state index is -0.422. The predicted octanol–water partition coefficient (Wildman–Crippen LogP) is 1.10. The topological polar surface area (TPSA) is 58.6 Å². The number of carbonyl (C=O) groups excluding carboxylic acids is 2. The number of rotatable bonds is 4. The van der Waals surface area contributed by atoms with Gasteiger partial charge in [-0.2, -0.15) is 0 Å². The first-order valence-corrected chi connectivity index (χ1v) is 6.23. The molecule has 0 aromatic heterocycles. The molecule has 1 unspecified atom stereocenters. The minimum absolute atomic E-state index is 0.000781. The summed E-state index contributed by atoms with van der Waals surface area (Å²) in [5.41, 5.74) is 1.05. The van der Waals surface area contributed by atoms with Crippen molar-refractivity contribution < 1.29 is 14.3 Å². The van der Waals surface area contributed by atoms with Crippen LogP contribution in [0, 0.1) is 0 Å². The largest absolute Gasteiger partial charge is 0.497 e. The van der Waals surface area contributed by atoms with Gasteiger partial charge in [0, 0.05) is 13.1 Å². The van der Waals surface area contributed by atoms with E-state index in [1.807, 2.05) is 31.2 Å². The Morgan fingerprint density at radius 3 is 2.42 bits per heavy atom. The highest BCUT2D eigenvalue weighted by Gasteiger charge is 2.36. The van der Waals surface area contributed by atoms with Crippen LogP contribution in [-0.2, 0) is 9.59 Å². The quantitative estimate of drug-likeness (QED) is 0.826. The third-order valence-electron chi connectivity index (χ3n) is 3.45. The first kappa shape index (κ1) is 13.5. The average molecular weight is 262 g/mol. The fraction of sp³-hybridized carbons (Fsp3) is 0.429. The van der Waals surface area contributed by atoms with E-state index in [2.05, 4.69) is 5.32 Å². The Kier molecular flexibility index (Phi) is 3.85. The Bertz CT molecular complexity index is 484. The molecule has 19 heavy (non-hydrogen) atoms. The molecule has 1 aliphatic rings. The van der Waals surface area contributed by atoms with E-state index in [-0.39, 0.29) is 24.3 Å². The molecular formula is C14H18N2O3. The predicted molar refractivity (Wildman–Crippen MR) is 70.7 cm³/mol. The second kappa shape index (κ2) is 5.40. The van der Waals surface area contributed by atoms with Crippen molar-refractivity contribution in [3.8, 4) is 5.75 Å². The van der Waals surface area contributed by atoms with Crippen molar-refractivity contribution >= 4 is 11.8 Å². The van der Waals surface area contributed by atoms with Gasteiger partial charge in [-0.15, -0.1) is 0 Å². The molecule has 0 saturated carbocycles. The Morgan fingerprint density at radius 1 is 1.32 bits per heavy atom. The Balaban J connectivity index is 2.02. The number of methoxy groups -OCH3 is 1. The number of benzene rings is 1. The molecule has 0 radical (unpaired) electrons. The number of amides is 2. The van der Waals surface area contributed by atoms with E-state index in [0.29, 0.717) is 0 Å². The van der Waals surface area contributed by atoms with E-state index in [0.717, 1.165) is 11.3 Å². The second-order valence-corrected chi connectivity index (χ2v) is 4.71. The van der Waals surface area contributed by atoms with Gasteiger partial charge in [-0.05, 0) is 24.6 Å². The summed E-state index contributed by atoms with van der Waals surface area (Å²) in [4.78, 5) is 24.4. The van der Waals surface area contributed by atoms with E-state index in [4.69, 9.17) is 4.74 Å². The molecular weight excluding hydrogens is 244 g/mol. The van der Waals surface area contributed by atoms with Gasteiger partial charge in [0.05, 0.1) is 19.6 Å². The van der Waals surface area contributed by atoms with Crippen molar-refractivity contribution in [3.63, 3.8) is 0 Å². The summed E-state index contributed by atoms with van der Waals surface area (Å²) in [5, 5.41) is 3.19. The molecule has 1 aromatic rings. The number of hydrogen-bond acceptors (Lipinski definition) is 4. The molecule has 102 valence electrons. The Morgan fingerprint density at radius 2 is 1.95 bits per heavy atom. The standard InChI is InChI=1S/C14H18N2O3/c1-9(10-4-6-11(19-3)7-5-10)15-12-8-13(17)16(2)14(12)18/h4-7,9,12,15H,8H2,1-3H3/t9-,12?/m1/s1. The van der Waals surface area contributed by atoms with Crippen LogP contribution < -0.4 is 10.1 Å². The van der Waals surface area contributed by atoms with Crippen LogP contribution in [0.25, 0.3) is 0 Å². The first-order chi connectivity index (χ1) is 9.02. The lowest BCUT2D eigenvalue weighted by Gasteiger charge is -2.18. The molecule has 1 aromatic carbocycles. The summed E-state index contributed by atoms with van der Waals surface area (Å²) in [7, 11) is 3.14. The highest BCUT2D eigenvalue weighted by atomic mass is 16.5. The smallest absolute Gasteiger partial charge is 0.246 e. The zero-order chi connectivity index (χ0) is 14.0. The summed E-state index contributed by atoms with van der Waals surface area (Å²) < 4.78 is 5.10. The zero-order valence-electron chi connectivity index (χ0n) is 11.3. The van der Waals surface area contributed by atoms with E-state index >= 15 is 0 Å². The number of nitrogens with zero attached hydrogens (tertiary/aromatic N) is 1. The SMILES string of the molecule is COc1ccc([C@@H](C)NC2CC(=O)N(C)C2=O)cc1. The maximum Gasteiger partial charge on any atom is 0.246 e. The van der Waals surface area contributed by atoms with Crippen LogP contribution in [0.1, 0.15) is 24.9 Å². The van der Waals surface area contributed by atoms with Crippen LogP contribution in [0.15, 0.2) is 24.3 Å². The normalized spacial score (nSPS) is 20.8. The van der Waals surface area contributed by atoms with Gasteiger partial charge in [-0.3, -0.25) is 19.8 Å². The van der Waals surface area contributed by atoms with Crippen molar-refractivity contribution in [2.75, 3.05) is 14.2 Å². The molecule has 2 rings (SSSR count). The van der Waals surface area contributed by atoms with Gasteiger partial charge >= 0.3 is 0 Å². The molecule has 1 aliphatic heterocycles. The second-order valence-electron chi connectivity index (χ2n) is 4.71.